The standard InChI is InChI=1S/C22H31N3O3/c1-16-6-8-19(28-16)21(27)24-22(10-11-22)18-5-3-13-25(15-18)20(26)9-7-17-4-2-12-23-14-17/h2,4,12,14,16,18-19H,3,5-11,13,15H2,1H3,(H,24,27)/t16-,18?,19-/m1/s1. The Balaban J connectivity index is 1.30. The summed E-state index contributed by atoms with van der Waals surface area (Å²) >= 11 is 0. The van der Waals surface area contributed by atoms with Gasteiger partial charge in [-0.2, -0.15) is 0 Å². The first-order chi connectivity index (χ1) is 13.6. The highest BCUT2D eigenvalue weighted by Gasteiger charge is 2.52. The second-order valence-electron chi connectivity index (χ2n) is 8.70. The number of likely N-dealkylation sites (tertiary alicyclic amines) is 1. The lowest BCUT2D eigenvalue weighted by atomic mass is 9.88. The van der Waals surface area contributed by atoms with Crippen LogP contribution in [0.25, 0.3) is 0 Å². The van der Waals surface area contributed by atoms with Crippen LogP contribution in [0.15, 0.2) is 24.5 Å². The Morgan fingerprint density at radius 3 is 2.86 bits per heavy atom. The number of nitrogens with one attached hydrogen (secondary N) is 1. The number of carbonyl (C=O) groups is 2. The maximum atomic E-state index is 12.7. The van der Waals surface area contributed by atoms with Crippen molar-refractivity contribution in [3.8, 4) is 0 Å². The van der Waals surface area contributed by atoms with Crippen molar-refractivity contribution in [2.24, 2.45) is 5.92 Å². The molecule has 1 N–H and O–H groups in total. The van der Waals surface area contributed by atoms with E-state index >= 15 is 0 Å². The lowest BCUT2D eigenvalue weighted by Crippen LogP contribution is -2.52. The third kappa shape index (κ3) is 4.37. The number of hydrogen-bond acceptors (Lipinski definition) is 4. The molecule has 4 rings (SSSR count). The highest BCUT2D eigenvalue weighted by molar-refractivity contribution is 5.82. The maximum Gasteiger partial charge on any atom is 0.249 e. The second kappa shape index (κ2) is 8.19. The molecule has 0 bridgehead atoms. The summed E-state index contributed by atoms with van der Waals surface area (Å²) in [7, 11) is 0. The number of ether oxygens (including phenoxy) is 1. The first kappa shape index (κ1) is 19.4. The molecular weight excluding hydrogens is 354 g/mol. The molecular formula is C22H31N3O3. The Hall–Kier alpha value is -1.95. The van der Waals surface area contributed by atoms with E-state index in [-0.39, 0.29) is 29.6 Å². The zero-order chi connectivity index (χ0) is 19.6. The summed E-state index contributed by atoms with van der Waals surface area (Å²) in [6, 6.07) is 3.92. The monoisotopic (exact) mass is 385 g/mol. The number of aryl methyl sites for hydroxylation is 1. The summed E-state index contributed by atoms with van der Waals surface area (Å²) in [5.74, 6) is 0.608. The number of nitrogens with zero attached hydrogens (tertiary/aromatic N) is 2. The molecule has 0 radical (unpaired) electrons. The molecule has 3 fully saturated rings. The maximum absolute atomic E-state index is 12.7. The molecule has 6 heteroatoms. The van der Waals surface area contributed by atoms with Gasteiger partial charge in [-0.15, -0.1) is 0 Å². The molecule has 2 saturated heterocycles. The predicted octanol–water partition coefficient (Wildman–Crippen LogP) is 2.47. The van der Waals surface area contributed by atoms with Gasteiger partial charge in [0.05, 0.1) is 6.10 Å². The Bertz CT molecular complexity index is 704. The molecule has 2 aliphatic heterocycles. The van der Waals surface area contributed by atoms with Crippen LogP contribution in [0.1, 0.15) is 57.4 Å². The molecule has 28 heavy (non-hydrogen) atoms. The molecule has 3 heterocycles. The largest absolute Gasteiger partial charge is 0.365 e. The lowest BCUT2D eigenvalue weighted by molar-refractivity contribution is -0.134. The molecule has 152 valence electrons. The molecule has 3 aliphatic rings. The topological polar surface area (TPSA) is 71.5 Å². The second-order valence-corrected chi connectivity index (χ2v) is 8.70. The molecule has 0 spiro atoms. The van der Waals surface area contributed by atoms with Gasteiger partial charge >= 0.3 is 0 Å². The summed E-state index contributed by atoms with van der Waals surface area (Å²) in [5, 5.41) is 3.31. The molecule has 2 amide bonds. The number of rotatable bonds is 6. The fourth-order valence-electron chi connectivity index (χ4n) is 4.70. The first-order valence-electron chi connectivity index (χ1n) is 10.7. The zero-order valence-corrected chi connectivity index (χ0v) is 16.7. The minimum Gasteiger partial charge on any atom is -0.365 e. The number of amides is 2. The Morgan fingerprint density at radius 1 is 1.32 bits per heavy atom. The van der Waals surface area contributed by atoms with E-state index in [1.165, 1.54) is 0 Å². The molecule has 3 atom stereocenters. The van der Waals surface area contributed by atoms with Crippen molar-refractivity contribution in [2.45, 2.75) is 76.0 Å². The van der Waals surface area contributed by atoms with Gasteiger partial charge in [0.1, 0.15) is 6.10 Å². The Labute approximate surface area is 167 Å². The van der Waals surface area contributed by atoms with Gasteiger partial charge in [-0.1, -0.05) is 6.07 Å². The quantitative estimate of drug-likeness (QED) is 0.817. The zero-order valence-electron chi connectivity index (χ0n) is 16.7. The van der Waals surface area contributed by atoms with Crippen molar-refractivity contribution >= 4 is 11.8 Å². The van der Waals surface area contributed by atoms with Crippen molar-refractivity contribution in [2.75, 3.05) is 13.1 Å². The summed E-state index contributed by atoms with van der Waals surface area (Å²) in [5.41, 5.74) is 0.982. The minimum atomic E-state index is -0.298. The fraction of sp³-hybridized carbons (Fsp3) is 0.682. The van der Waals surface area contributed by atoms with Gasteiger partial charge in [0.15, 0.2) is 0 Å². The van der Waals surface area contributed by atoms with Crippen molar-refractivity contribution in [1.82, 2.24) is 15.2 Å². The number of pyridine rings is 1. The highest BCUT2D eigenvalue weighted by atomic mass is 16.5. The van der Waals surface area contributed by atoms with Crippen LogP contribution < -0.4 is 5.32 Å². The van der Waals surface area contributed by atoms with E-state index in [0.717, 1.165) is 63.6 Å². The summed E-state index contributed by atoms with van der Waals surface area (Å²) < 4.78 is 5.74. The van der Waals surface area contributed by atoms with E-state index in [1.54, 1.807) is 6.20 Å². The first-order valence-corrected chi connectivity index (χ1v) is 10.7. The summed E-state index contributed by atoms with van der Waals surface area (Å²) in [4.78, 5) is 31.5. The van der Waals surface area contributed by atoms with Gasteiger partial charge in [0, 0.05) is 37.4 Å². The Kier molecular flexibility index (Phi) is 5.67. The normalized spacial score (nSPS) is 28.8. The summed E-state index contributed by atoms with van der Waals surface area (Å²) in [6.07, 6.45) is 10.6. The van der Waals surface area contributed by atoms with Gasteiger partial charge in [0.25, 0.3) is 0 Å². The highest BCUT2D eigenvalue weighted by Crippen LogP contribution is 2.46. The van der Waals surface area contributed by atoms with Crippen molar-refractivity contribution in [3.63, 3.8) is 0 Å². The van der Waals surface area contributed by atoms with Crippen molar-refractivity contribution in [1.29, 1.82) is 0 Å². The average Bonchev–Trinajstić information content (AvgIpc) is 3.37. The number of piperidine rings is 1. The SMILES string of the molecule is C[C@@H]1CC[C@H](C(=O)NC2(C3CCCN(C(=O)CCc4cccnc4)C3)CC2)O1. The molecule has 1 aromatic heterocycles. The van der Waals surface area contributed by atoms with Crippen molar-refractivity contribution in [3.05, 3.63) is 30.1 Å². The smallest absolute Gasteiger partial charge is 0.249 e. The predicted molar refractivity (Wildman–Crippen MR) is 106 cm³/mol. The van der Waals surface area contributed by atoms with Crippen LogP contribution in [0.2, 0.25) is 0 Å². The van der Waals surface area contributed by atoms with Crippen LogP contribution in [0.3, 0.4) is 0 Å². The molecule has 6 nitrogen and oxygen atoms in total. The van der Waals surface area contributed by atoms with E-state index in [1.807, 2.05) is 30.2 Å². The molecule has 1 aromatic rings. The molecule has 1 unspecified atom stereocenters. The van der Waals surface area contributed by atoms with Gasteiger partial charge < -0.3 is 15.0 Å². The van der Waals surface area contributed by atoms with E-state index in [9.17, 15) is 9.59 Å². The van der Waals surface area contributed by atoms with Crippen LogP contribution in [0, 0.1) is 5.92 Å². The van der Waals surface area contributed by atoms with E-state index in [0.29, 0.717) is 12.3 Å². The third-order valence-corrected chi connectivity index (χ3v) is 6.59. The van der Waals surface area contributed by atoms with E-state index in [2.05, 4.69) is 10.3 Å². The lowest BCUT2D eigenvalue weighted by Gasteiger charge is -2.38. The number of carbonyl (C=O) groups excluding carboxylic acids is 2. The number of aromatic nitrogens is 1. The fourth-order valence-corrected chi connectivity index (χ4v) is 4.70. The number of hydrogen-bond donors (Lipinski definition) is 1. The van der Waals surface area contributed by atoms with Gasteiger partial charge in [-0.05, 0) is 69.4 Å². The van der Waals surface area contributed by atoms with Crippen LogP contribution in [-0.2, 0) is 20.7 Å². The third-order valence-electron chi connectivity index (χ3n) is 6.59. The molecule has 1 saturated carbocycles. The van der Waals surface area contributed by atoms with E-state index < -0.39 is 0 Å². The van der Waals surface area contributed by atoms with Gasteiger partial charge in [-0.25, -0.2) is 0 Å². The van der Waals surface area contributed by atoms with Gasteiger partial charge in [-0.3, -0.25) is 14.6 Å². The van der Waals surface area contributed by atoms with Crippen molar-refractivity contribution < 1.29 is 14.3 Å². The van der Waals surface area contributed by atoms with Crippen LogP contribution >= 0.6 is 0 Å². The molecule has 0 aromatic carbocycles. The van der Waals surface area contributed by atoms with Crippen LogP contribution in [0.5, 0.6) is 0 Å². The van der Waals surface area contributed by atoms with Crippen LogP contribution in [0.4, 0.5) is 0 Å². The van der Waals surface area contributed by atoms with Gasteiger partial charge in [0.2, 0.25) is 11.8 Å². The van der Waals surface area contributed by atoms with E-state index in [4.69, 9.17) is 4.74 Å². The molecule has 1 aliphatic carbocycles. The summed E-state index contributed by atoms with van der Waals surface area (Å²) in [6.45, 7) is 3.61. The average molecular weight is 386 g/mol. The Morgan fingerprint density at radius 2 is 2.18 bits per heavy atom. The van der Waals surface area contributed by atoms with Crippen LogP contribution in [-0.4, -0.2) is 52.5 Å². The minimum absolute atomic E-state index is 0.0434.